The van der Waals surface area contributed by atoms with Crippen molar-refractivity contribution in [3.63, 3.8) is 0 Å². The molecule has 1 aliphatic carbocycles. The quantitative estimate of drug-likeness (QED) is 0.607. The third-order valence-corrected chi connectivity index (χ3v) is 5.50. The third kappa shape index (κ3) is 5.36. The topological polar surface area (TPSA) is 90.9 Å². The second-order valence-electron chi connectivity index (χ2n) is 6.86. The van der Waals surface area contributed by atoms with Crippen LogP contribution in [-0.4, -0.2) is 58.4 Å². The fourth-order valence-corrected chi connectivity index (χ4v) is 3.86. The Hall–Kier alpha value is -1.84. The number of pyridine rings is 1. The van der Waals surface area contributed by atoms with Crippen LogP contribution in [0.2, 0.25) is 0 Å². The molecule has 0 atom stereocenters. The summed E-state index contributed by atoms with van der Waals surface area (Å²) in [7, 11) is 0. The fraction of sp³-hybridized carbons (Fsp3) is 0.556. The van der Waals surface area contributed by atoms with Crippen LogP contribution >= 0.6 is 24.2 Å². The van der Waals surface area contributed by atoms with Crippen molar-refractivity contribution < 1.29 is 0 Å². The number of rotatable bonds is 6. The van der Waals surface area contributed by atoms with E-state index in [1.54, 1.807) is 0 Å². The normalized spacial score (nSPS) is 17.2. The van der Waals surface area contributed by atoms with E-state index in [0.717, 1.165) is 37.7 Å². The number of nitrogens with one attached hydrogen (secondary N) is 3. The number of piperazine rings is 1. The van der Waals surface area contributed by atoms with Crippen LogP contribution in [0.15, 0.2) is 23.5 Å². The minimum absolute atomic E-state index is 0. The molecule has 1 saturated heterocycles. The van der Waals surface area contributed by atoms with Gasteiger partial charge in [-0.05, 0) is 31.2 Å². The van der Waals surface area contributed by atoms with Gasteiger partial charge in [0.2, 0.25) is 11.9 Å². The molecule has 2 aromatic rings. The van der Waals surface area contributed by atoms with Gasteiger partial charge in [0.25, 0.3) is 0 Å². The first-order valence-electron chi connectivity index (χ1n) is 9.55. The lowest BCUT2D eigenvalue weighted by atomic mass is 10.3. The molecule has 1 saturated carbocycles. The zero-order valence-corrected chi connectivity index (χ0v) is 17.7. The van der Waals surface area contributed by atoms with Gasteiger partial charge in [0.05, 0.1) is 11.9 Å². The maximum Gasteiger partial charge on any atom is 0.234 e. The standard InChI is InChI=1S/C18H26N8S.ClH/c1-27-18-24-16(21-13-4-2-3-5-13)23-17(25-18)22-15-7-6-14(12-20-15)26-10-8-19-9-11-26;/h6-7,12-13,19H,2-5,8-11H2,1H3,(H2,20,21,22,23,24,25);1H. The van der Waals surface area contributed by atoms with Gasteiger partial charge in [0.15, 0.2) is 5.16 Å². The average molecular weight is 423 g/mol. The third-order valence-electron chi connectivity index (χ3n) is 4.96. The highest BCUT2D eigenvalue weighted by Crippen LogP contribution is 2.23. The van der Waals surface area contributed by atoms with Gasteiger partial charge in [0, 0.05) is 32.2 Å². The lowest BCUT2D eigenvalue weighted by Crippen LogP contribution is -2.43. The summed E-state index contributed by atoms with van der Waals surface area (Å²) in [6.45, 7) is 4.04. The average Bonchev–Trinajstić information content (AvgIpc) is 3.22. The monoisotopic (exact) mass is 422 g/mol. The SMILES string of the molecule is CSc1nc(Nc2ccc(N3CCNCC3)cn2)nc(NC2CCCC2)n1.Cl. The molecule has 152 valence electrons. The summed E-state index contributed by atoms with van der Waals surface area (Å²) in [6, 6.07) is 4.53. The number of hydrogen-bond acceptors (Lipinski definition) is 9. The predicted molar refractivity (Wildman–Crippen MR) is 117 cm³/mol. The van der Waals surface area contributed by atoms with Crippen LogP contribution in [-0.2, 0) is 0 Å². The van der Waals surface area contributed by atoms with Crippen LogP contribution in [0.1, 0.15) is 25.7 Å². The Kier molecular flexibility index (Phi) is 7.52. The van der Waals surface area contributed by atoms with E-state index in [0.29, 0.717) is 23.1 Å². The molecule has 3 heterocycles. The summed E-state index contributed by atoms with van der Waals surface area (Å²) in [5.74, 6) is 1.90. The second-order valence-corrected chi connectivity index (χ2v) is 7.63. The Morgan fingerprint density at radius 3 is 2.50 bits per heavy atom. The Bertz CT molecular complexity index is 748. The number of nitrogens with zero attached hydrogens (tertiary/aromatic N) is 5. The van der Waals surface area contributed by atoms with Crippen molar-refractivity contribution in [3.8, 4) is 0 Å². The van der Waals surface area contributed by atoms with E-state index in [-0.39, 0.29) is 12.4 Å². The molecule has 1 aliphatic heterocycles. The fourth-order valence-electron chi connectivity index (χ4n) is 3.51. The number of halogens is 1. The lowest BCUT2D eigenvalue weighted by Gasteiger charge is -2.29. The summed E-state index contributed by atoms with van der Waals surface area (Å²) >= 11 is 1.51. The molecule has 2 aliphatic rings. The summed E-state index contributed by atoms with van der Waals surface area (Å²) < 4.78 is 0. The van der Waals surface area contributed by atoms with Crippen LogP contribution in [0.3, 0.4) is 0 Å². The second kappa shape index (κ2) is 10.1. The maximum atomic E-state index is 4.54. The van der Waals surface area contributed by atoms with Crippen LogP contribution in [0.5, 0.6) is 0 Å². The molecule has 0 unspecified atom stereocenters. The summed E-state index contributed by atoms with van der Waals surface area (Å²) in [6.07, 6.45) is 8.77. The first-order valence-corrected chi connectivity index (χ1v) is 10.8. The molecule has 2 fully saturated rings. The highest BCUT2D eigenvalue weighted by Gasteiger charge is 2.17. The van der Waals surface area contributed by atoms with Gasteiger partial charge in [-0.1, -0.05) is 24.6 Å². The highest BCUT2D eigenvalue weighted by molar-refractivity contribution is 7.98. The summed E-state index contributed by atoms with van der Waals surface area (Å²) in [5, 5.41) is 10.7. The number of hydrogen-bond donors (Lipinski definition) is 3. The van der Waals surface area contributed by atoms with Crippen LogP contribution in [0.25, 0.3) is 0 Å². The van der Waals surface area contributed by atoms with Crippen molar-refractivity contribution in [2.75, 3.05) is 48.0 Å². The molecule has 28 heavy (non-hydrogen) atoms. The van der Waals surface area contributed by atoms with Crippen molar-refractivity contribution in [3.05, 3.63) is 18.3 Å². The summed E-state index contributed by atoms with van der Waals surface area (Å²) in [4.78, 5) is 20.4. The summed E-state index contributed by atoms with van der Waals surface area (Å²) in [5.41, 5.74) is 1.14. The van der Waals surface area contributed by atoms with Crippen molar-refractivity contribution in [2.45, 2.75) is 36.9 Å². The van der Waals surface area contributed by atoms with Gasteiger partial charge in [0.1, 0.15) is 5.82 Å². The Morgan fingerprint density at radius 1 is 1.07 bits per heavy atom. The van der Waals surface area contributed by atoms with E-state index in [4.69, 9.17) is 0 Å². The highest BCUT2D eigenvalue weighted by atomic mass is 35.5. The molecule has 10 heteroatoms. The van der Waals surface area contributed by atoms with E-state index < -0.39 is 0 Å². The van der Waals surface area contributed by atoms with Crippen molar-refractivity contribution in [1.29, 1.82) is 0 Å². The number of anilines is 4. The first kappa shape index (κ1) is 20.9. The molecule has 4 rings (SSSR count). The smallest absolute Gasteiger partial charge is 0.234 e. The lowest BCUT2D eigenvalue weighted by molar-refractivity contribution is 0.589. The molecule has 2 aromatic heterocycles. The zero-order chi connectivity index (χ0) is 18.5. The number of thioether (sulfide) groups is 1. The van der Waals surface area contributed by atoms with E-state index in [1.807, 2.05) is 18.5 Å². The largest absolute Gasteiger partial charge is 0.368 e. The van der Waals surface area contributed by atoms with E-state index in [2.05, 4.69) is 46.9 Å². The Labute approximate surface area is 176 Å². The predicted octanol–water partition coefficient (Wildman–Crippen LogP) is 2.92. The van der Waals surface area contributed by atoms with Gasteiger partial charge in [-0.2, -0.15) is 15.0 Å². The molecular formula is C18H27ClN8S. The Balaban J connectivity index is 0.00000225. The van der Waals surface area contributed by atoms with E-state index >= 15 is 0 Å². The molecule has 3 N–H and O–H groups in total. The minimum atomic E-state index is 0. The van der Waals surface area contributed by atoms with Crippen molar-refractivity contribution in [1.82, 2.24) is 25.3 Å². The van der Waals surface area contributed by atoms with Gasteiger partial charge in [-0.3, -0.25) is 0 Å². The molecule has 0 bridgehead atoms. The van der Waals surface area contributed by atoms with E-state index in [1.165, 1.54) is 37.4 Å². The van der Waals surface area contributed by atoms with Crippen molar-refractivity contribution in [2.24, 2.45) is 0 Å². The Morgan fingerprint density at radius 2 is 1.82 bits per heavy atom. The van der Waals surface area contributed by atoms with Crippen LogP contribution in [0, 0.1) is 0 Å². The van der Waals surface area contributed by atoms with Crippen LogP contribution < -0.4 is 20.9 Å². The first-order chi connectivity index (χ1) is 13.3. The maximum absolute atomic E-state index is 4.54. The van der Waals surface area contributed by atoms with Gasteiger partial charge >= 0.3 is 0 Å². The molecule has 0 amide bonds. The minimum Gasteiger partial charge on any atom is -0.368 e. The molecule has 0 radical (unpaired) electrons. The van der Waals surface area contributed by atoms with Crippen LogP contribution in [0.4, 0.5) is 23.4 Å². The van der Waals surface area contributed by atoms with Gasteiger partial charge < -0.3 is 20.9 Å². The molecule has 8 nitrogen and oxygen atoms in total. The van der Waals surface area contributed by atoms with Gasteiger partial charge in [-0.15, -0.1) is 12.4 Å². The van der Waals surface area contributed by atoms with Crippen molar-refractivity contribution >= 4 is 47.6 Å². The molecular weight excluding hydrogens is 396 g/mol. The molecule has 0 spiro atoms. The zero-order valence-electron chi connectivity index (χ0n) is 16.0. The molecule has 0 aromatic carbocycles. The van der Waals surface area contributed by atoms with E-state index in [9.17, 15) is 0 Å². The number of aromatic nitrogens is 4. The van der Waals surface area contributed by atoms with Gasteiger partial charge in [-0.25, -0.2) is 4.98 Å².